The molecule has 0 fully saturated rings. The van der Waals surface area contributed by atoms with Gasteiger partial charge < -0.3 is 10.2 Å². The van der Waals surface area contributed by atoms with Crippen molar-refractivity contribution in [1.82, 2.24) is 4.90 Å². The highest BCUT2D eigenvalue weighted by molar-refractivity contribution is 6.31. The first-order valence-electron chi connectivity index (χ1n) is 7.51. The third-order valence-corrected chi connectivity index (χ3v) is 3.76. The highest BCUT2D eigenvalue weighted by atomic mass is 35.5. The molecule has 2 rings (SSSR count). The molecule has 0 saturated heterocycles. The maximum absolute atomic E-state index is 12.2. The van der Waals surface area contributed by atoms with Crippen LogP contribution in [-0.4, -0.2) is 29.8 Å². The van der Waals surface area contributed by atoms with Crippen molar-refractivity contribution in [2.75, 3.05) is 18.4 Å². The van der Waals surface area contributed by atoms with E-state index in [0.717, 1.165) is 0 Å². The van der Waals surface area contributed by atoms with E-state index in [-0.39, 0.29) is 11.8 Å². The summed E-state index contributed by atoms with van der Waals surface area (Å²) in [7, 11) is 0. The van der Waals surface area contributed by atoms with E-state index in [1.54, 1.807) is 53.4 Å². The zero-order valence-corrected chi connectivity index (χ0v) is 13.9. The van der Waals surface area contributed by atoms with Gasteiger partial charge in [0.05, 0.1) is 0 Å². The maximum Gasteiger partial charge on any atom is 0.255 e. The molecule has 0 spiro atoms. The Labute approximate surface area is 141 Å². The molecule has 23 heavy (non-hydrogen) atoms. The van der Waals surface area contributed by atoms with E-state index in [9.17, 15) is 9.59 Å². The van der Waals surface area contributed by atoms with Gasteiger partial charge in [-0.15, -0.1) is 0 Å². The highest BCUT2D eigenvalue weighted by Crippen LogP contribution is 2.16. The Balaban J connectivity index is 2.10. The van der Waals surface area contributed by atoms with Crippen LogP contribution in [0.1, 0.15) is 34.6 Å². The molecular formula is C18H19ClN2O2. The summed E-state index contributed by atoms with van der Waals surface area (Å²) in [6.07, 6.45) is 0. The van der Waals surface area contributed by atoms with Crippen LogP contribution in [0.5, 0.6) is 0 Å². The summed E-state index contributed by atoms with van der Waals surface area (Å²) in [4.78, 5) is 26.2. The number of anilines is 1. The Morgan fingerprint density at radius 3 is 2.17 bits per heavy atom. The van der Waals surface area contributed by atoms with Crippen molar-refractivity contribution in [3.05, 3.63) is 64.7 Å². The summed E-state index contributed by atoms with van der Waals surface area (Å²) in [6.45, 7) is 5.20. The number of carbonyl (C=O) groups is 2. The third kappa shape index (κ3) is 4.33. The van der Waals surface area contributed by atoms with Gasteiger partial charge in [-0.3, -0.25) is 9.59 Å². The van der Waals surface area contributed by atoms with Gasteiger partial charge in [-0.05, 0) is 56.3 Å². The number of nitrogens with zero attached hydrogens (tertiary/aromatic N) is 1. The van der Waals surface area contributed by atoms with Crippen LogP contribution in [0, 0.1) is 0 Å². The predicted molar refractivity (Wildman–Crippen MR) is 93.1 cm³/mol. The SMILES string of the molecule is CCN(CC)C(=O)c1ccc(C(=O)Nc2cccc(Cl)c2)cc1. The minimum atomic E-state index is -0.242. The molecule has 0 bridgehead atoms. The van der Waals surface area contributed by atoms with Gasteiger partial charge in [0.1, 0.15) is 0 Å². The van der Waals surface area contributed by atoms with E-state index in [2.05, 4.69) is 5.32 Å². The third-order valence-electron chi connectivity index (χ3n) is 3.53. The van der Waals surface area contributed by atoms with Crippen molar-refractivity contribution >= 4 is 29.1 Å². The minimum absolute atomic E-state index is 0.0307. The molecule has 0 heterocycles. The normalized spacial score (nSPS) is 10.2. The molecule has 2 aromatic rings. The van der Waals surface area contributed by atoms with E-state index >= 15 is 0 Å². The average molecular weight is 331 g/mol. The van der Waals surface area contributed by atoms with Gasteiger partial charge in [0.15, 0.2) is 0 Å². The number of rotatable bonds is 5. The van der Waals surface area contributed by atoms with Crippen LogP contribution < -0.4 is 5.32 Å². The number of halogens is 1. The van der Waals surface area contributed by atoms with E-state index in [4.69, 9.17) is 11.6 Å². The Kier molecular flexibility index (Phi) is 5.77. The lowest BCUT2D eigenvalue weighted by Gasteiger charge is -2.18. The fourth-order valence-corrected chi connectivity index (χ4v) is 2.42. The van der Waals surface area contributed by atoms with Crippen LogP contribution in [0.3, 0.4) is 0 Å². The second kappa shape index (κ2) is 7.79. The monoisotopic (exact) mass is 330 g/mol. The van der Waals surface area contributed by atoms with E-state index in [1.807, 2.05) is 13.8 Å². The van der Waals surface area contributed by atoms with E-state index in [0.29, 0.717) is 34.9 Å². The number of carbonyl (C=O) groups excluding carboxylic acids is 2. The standard InChI is InChI=1S/C18H19ClN2O2/c1-3-21(4-2)18(23)14-10-8-13(9-11-14)17(22)20-16-7-5-6-15(19)12-16/h5-12H,3-4H2,1-2H3,(H,20,22). The first kappa shape index (κ1) is 17.0. The summed E-state index contributed by atoms with van der Waals surface area (Å²) in [5, 5.41) is 3.33. The molecule has 0 saturated carbocycles. The first-order valence-corrected chi connectivity index (χ1v) is 7.89. The van der Waals surface area contributed by atoms with Crippen molar-refractivity contribution in [3.63, 3.8) is 0 Å². The summed E-state index contributed by atoms with van der Waals surface area (Å²) >= 11 is 5.89. The van der Waals surface area contributed by atoms with Crippen molar-refractivity contribution in [3.8, 4) is 0 Å². The lowest BCUT2D eigenvalue weighted by Crippen LogP contribution is -2.30. The van der Waals surface area contributed by atoms with Crippen LogP contribution >= 0.6 is 11.6 Å². The number of benzene rings is 2. The Morgan fingerprint density at radius 2 is 1.61 bits per heavy atom. The highest BCUT2D eigenvalue weighted by Gasteiger charge is 2.13. The molecule has 2 aromatic carbocycles. The second-order valence-electron chi connectivity index (χ2n) is 5.02. The fraction of sp³-hybridized carbons (Fsp3) is 0.222. The van der Waals surface area contributed by atoms with E-state index in [1.165, 1.54) is 0 Å². The predicted octanol–water partition coefficient (Wildman–Crippen LogP) is 4.07. The van der Waals surface area contributed by atoms with Crippen LogP contribution in [-0.2, 0) is 0 Å². The van der Waals surface area contributed by atoms with Crippen LogP contribution in [0.2, 0.25) is 5.02 Å². The fourth-order valence-electron chi connectivity index (χ4n) is 2.23. The summed E-state index contributed by atoms with van der Waals surface area (Å²) in [6, 6.07) is 13.6. The molecule has 0 radical (unpaired) electrons. The Bertz CT molecular complexity index is 694. The quantitative estimate of drug-likeness (QED) is 0.898. The Morgan fingerprint density at radius 1 is 1.00 bits per heavy atom. The van der Waals surface area contributed by atoms with E-state index < -0.39 is 0 Å². The first-order chi connectivity index (χ1) is 11.0. The van der Waals surface area contributed by atoms with Gasteiger partial charge in [-0.1, -0.05) is 17.7 Å². The second-order valence-corrected chi connectivity index (χ2v) is 5.46. The molecular weight excluding hydrogens is 312 g/mol. The lowest BCUT2D eigenvalue weighted by atomic mass is 10.1. The molecule has 2 amide bonds. The number of hydrogen-bond donors (Lipinski definition) is 1. The van der Waals surface area contributed by atoms with Crippen LogP contribution in [0.15, 0.2) is 48.5 Å². The van der Waals surface area contributed by atoms with Gasteiger partial charge >= 0.3 is 0 Å². The molecule has 0 aliphatic carbocycles. The molecule has 0 atom stereocenters. The largest absolute Gasteiger partial charge is 0.339 e. The van der Waals surface area contributed by atoms with Gasteiger partial charge in [-0.2, -0.15) is 0 Å². The van der Waals surface area contributed by atoms with Gasteiger partial charge in [0.2, 0.25) is 0 Å². The van der Waals surface area contributed by atoms with Crippen LogP contribution in [0.4, 0.5) is 5.69 Å². The number of hydrogen-bond acceptors (Lipinski definition) is 2. The van der Waals surface area contributed by atoms with Gasteiger partial charge in [-0.25, -0.2) is 0 Å². The van der Waals surface area contributed by atoms with Crippen LogP contribution in [0.25, 0.3) is 0 Å². The van der Waals surface area contributed by atoms with Gasteiger partial charge in [0.25, 0.3) is 11.8 Å². The zero-order chi connectivity index (χ0) is 16.8. The summed E-state index contributed by atoms with van der Waals surface area (Å²) < 4.78 is 0. The Hall–Kier alpha value is -2.33. The van der Waals surface area contributed by atoms with Crippen molar-refractivity contribution in [1.29, 1.82) is 0 Å². The molecule has 0 aromatic heterocycles. The maximum atomic E-state index is 12.2. The smallest absolute Gasteiger partial charge is 0.255 e. The molecule has 0 aliphatic rings. The topological polar surface area (TPSA) is 49.4 Å². The molecule has 1 N–H and O–H groups in total. The average Bonchev–Trinajstić information content (AvgIpc) is 2.56. The van der Waals surface area contributed by atoms with Crippen molar-refractivity contribution in [2.45, 2.75) is 13.8 Å². The number of nitrogens with one attached hydrogen (secondary N) is 1. The minimum Gasteiger partial charge on any atom is -0.339 e. The molecule has 0 aliphatic heterocycles. The molecule has 0 unspecified atom stereocenters. The van der Waals surface area contributed by atoms with Gasteiger partial charge in [0, 0.05) is 34.9 Å². The summed E-state index contributed by atoms with van der Waals surface area (Å²) in [5.74, 6) is -0.272. The summed E-state index contributed by atoms with van der Waals surface area (Å²) in [5.41, 5.74) is 1.69. The van der Waals surface area contributed by atoms with Crippen molar-refractivity contribution < 1.29 is 9.59 Å². The number of amides is 2. The molecule has 4 nitrogen and oxygen atoms in total. The van der Waals surface area contributed by atoms with Crippen molar-refractivity contribution in [2.24, 2.45) is 0 Å². The molecule has 5 heteroatoms. The molecule has 120 valence electrons. The zero-order valence-electron chi connectivity index (χ0n) is 13.2. The lowest BCUT2D eigenvalue weighted by molar-refractivity contribution is 0.0772.